The van der Waals surface area contributed by atoms with Crippen molar-refractivity contribution in [1.82, 2.24) is 19.4 Å². The van der Waals surface area contributed by atoms with Crippen molar-refractivity contribution in [2.24, 2.45) is 0 Å². The van der Waals surface area contributed by atoms with Crippen LogP contribution in [0.3, 0.4) is 0 Å². The summed E-state index contributed by atoms with van der Waals surface area (Å²) in [4.78, 5) is 11.4. The first-order valence-electron chi connectivity index (χ1n) is 9.22. The molecule has 1 saturated heterocycles. The summed E-state index contributed by atoms with van der Waals surface area (Å²) in [6.07, 6.45) is 7.27. The Kier molecular flexibility index (Phi) is 3.94. The Hall–Kier alpha value is -1.98. The molecule has 0 aromatic carbocycles. The molecule has 6 heteroatoms. The van der Waals surface area contributed by atoms with Crippen molar-refractivity contribution in [3.8, 4) is 0 Å². The molecule has 0 amide bonds. The van der Waals surface area contributed by atoms with Crippen LogP contribution in [0.15, 0.2) is 30.6 Å². The van der Waals surface area contributed by atoms with E-state index in [1.807, 2.05) is 0 Å². The molecule has 0 saturated carbocycles. The Bertz CT molecular complexity index is 966. The summed E-state index contributed by atoms with van der Waals surface area (Å²) in [6.45, 7) is 3.09. The Balaban J connectivity index is 1.57. The maximum Gasteiger partial charge on any atom is 0.141 e. The van der Waals surface area contributed by atoms with E-state index < -0.39 is 0 Å². The van der Waals surface area contributed by atoms with Gasteiger partial charge in [0.15, 0.2) is 0 Å². The molecule has 0 aliphatic carbocycles. The number of rotatable bonds is 3. The first-order valence-corrected chi connectivity index (χ1v) is 9.59. The number of hydrogen-bond donors (Lipinski definition) is 0. The average molecular weight is 371 g/mol. The van der Waals surface area contributed by atoms with E-state index in [9.17, 15) is 4.39 Å². The number of aromatic nitrogens is 3. The predicted molar refractivity (Wildman–Crippen MR) is 99.9 cm³/mol. The van der Waals surface area contributed by atoms with E-state index in [-0.39, 0.29) is 5.82 Å². The molecule has 0 N–H and O–H groups in total. The molecule has 3 aromatic heterocycles. The van der Waals surface area contributed by atoms with Crippen LogP contribution in [0.1, 0.15) is 35.8 Å². The minimum atomic E-state index is -0.296. The average Bonchev–Trinajstić information content (AvgIpc) is 3.23. The summed E-state index contributed by atoms with van der Waals surface area (Å²) < 4.78 is 15.4. The third-order valence-electron chi connectivity index (χ3n) is 5.73. The topological polar surface area (TPSA) is 34.0 Å². The highest BCUT2D eigenvalue weighted by molar-refractivity contribution is 6.31. The van der Waals surface area contributed by atoms with Crippen molar-refractivity contribution >= 4 is 22.6 Å². The number of halogens is 2. The zero-order chi connectivity index (χ0) is 17.7. The Labute approximate surface area is 156 Å². The van der Waals surface area contributed by atoms with Gasteiger partial charge in [0.2, 0.25) is 0 Å². The van der Waals surface area contributed by atoms with Crippen molar-refractivity contribution in [2.75, 3.05) is 13.1 Å². The normalized spacial score (nSPS) is 19.7. The van der Waals surface area contributed by atoms with Crippen molar-refractivity contribution in [3.05, 3.63) is 58.4 Å². The van der Waals surface area contributed by atoms with Crippen LogP contribution in [-0.4, -0.2) is 32.5 Å². The van der Waals surface area contributed by atoms with E-state index >= 15 is 0 Å². The fraction of sp³-hybridized carbons (Fsp3) is 0.400. The van der Waals surface area contributed by atoms with Gasteiger partial charge in [0, 0.05) is 54.9 Å². The van der Waals surface area contributed by atoms with Crippen molar-refractivity contribution in [3.63, 3.8) is 0 Å². The Morgan fingerprint density at radius 1 is 1.19 bits per heavy atom. The van der Waals surface area contributed by atoms with Gasteiger partial charge in [0.25, 0.3) is 0 Å². The van der Waals surface area contributed by atoms with E-state index in [4.69, 9.17) is 11.6 Å². The van der Waals surface area contributed by atoms with Gasteiger partial charge in [-0.15, -0.1) is 0 Å². The smallest absolute Gasteiger partial charge is 0.141 e. The van der Waals surface area contributed by atoms with Crippen LogP contribution >= 0.6 is 11.6 Å². The van der Waals surface area contributed by atoms with Crippen molar-refractivity contribution < 1.29 is 4.39 Å². The number of nitrogens with zero attached hydrogens (tertiary/aromatic N) is 4. The minimum Gasteiger partial charge on any atom is -0.329 e. The van der Waals surface area contributed by atoms with Gasteiger partial charge in [0.05, 0.1) is 11.2 Å². The molecule has 2 aliphatic rings. The molecule has 5 rings (SSSR count). The molecule has 1 unspecified atom stereocenters. The van der Waals surface area contributed by atoms with Gasteiger partial charge in [-0.2, -0.15) is 0 Å². The zero-order valence-electron chi connectivity index (χ0n) is 14.5. The summed E-state index contributed by atoms with van der Waals surface area (Å²) in [5.41, 5.74) is 4.72. The van der Waals surface area contributed by atoms with Gasteiger partial charge in [-0.1, -0.05) is 11.6 Å². The van der Waals surface area contributed by atoms with Crippen LogP contribution < -0.4 is 0 Å². The maximum absolute atomic E-state index is 13.1. The molecular formula is C20H20ClFN4. The number of fused-ring (bicyclic) bond motifs is 5. The lowest BCUT2D eigenvalue weighted by Gasteiger charge is -2.30. The van der Waals surface area contributed by atoms with Crippen LogP contribution in [0.4, 0.5) is 4.39 Å². The predicted octanol–water partition coefficient (Wildman–Crippen LogP) is 4.16. The maximum atomic E-state index is 13.1. The van der Waals surface area contributed by atoms with E-state index in [1.54, 1.807) is 12.3 Å². The van der Waals surface area contributed by atoms with E-state index in [1.165, 1.54) is 48.3 Å². The fourth-order valence-corrected chi connectivity index (χ4v) is 4.77. The molecule has 2 aliphatic heterocycles. The quantitative estimate of drug-likeness (QED) is 0.694. The summed E-state index contributed by atoms with van der Waals surface area (Å²) in [7, 11) is 0. The highest BCUT2D eigenvalue weighted by Crippen LogP contribution is 2.43. The summed E-state index contributed by atoms with van der Waals surface area (Å²) in [5.74, 6) is -0.296. The molecule has 134 valence electrons. The van der Waals surface area contributed by atoms with Crippen LogP contribution in [-0.2, 0) is 19.4 Å². The highest BCUT2D eigenvalue weighted by atomic mass is 35.5. The van der Waals surface area contributed by atoms with Gasteiger partial charge in [-0.3, -0.25) is 9.88 Å². The summed E-state index contributed by atoms with van der Waals surface area (Å²) >= 11 is 6.27. The summed E-state index contributed by atoms with van der Waals surface area (Å²) in [5, 5.41) is 1.88. The number of aryl methyl sites for hydroxylation is 2. The molecule has 0 spiro atoms. The second kappa shape index (κ2) is 6.32. The summed E-state index contributed by atoms with van der Waals surface area (Å²) in [6, 6.07) is 5.79. The van der Waals surface area contributed by atoms with Gasteiger partial charge in [-0.25, -0.2) is 9.37 Å². The first-order chi connectivity index (χ1) is 12.7. The lowest BCUT2D eigenvalue weighted by molar-refractivity contribution is 0.242. The van der Waals surface area contributed by atoms with E-state index in [2.05, 4.69) is 25.5 Å². The molecule has 1 atom stereocenters. The van der Waals surface area contributed by atoms with Gasteiger partial charge >= 0.3 is 0 Å². The molecule has 1 fully saturated rings. The van der Waals surface area contributed by atoms with E-state index in [0.717, 1.165) is 37.3 Å². The third kappa shape index (κ3) is 2.61. The highest BCUT2D eigenvalue weighted by Gasteiger charge is 2.35. The van der Waals surface area contributed by atoms with Crippen LogP contribution in [0.5, 0.6) is 0 Å². The first kappa shape index (κ1) is 16.2. The molecule has 4 nitrogen and oxygen atoms in total. The van der Waals surface area contributed by atoms with Crippen molar-refractivity contribution in [2.45, 2.75) is 38.3 Å². The van der Waals surface area contributed by atoms with Gasteiger partial charge in [-0.05, 0) is 43.1 Å². The van der Waals surface area contributed by atoms with Crippen molar-refractivity contribution in [1.29, 1.82) is 0 Å². The molecule has 0 radical (unpaired) electrons. The molecule has 5 heterocycles. The molecule has 26 heavy (non-hydrogen) atoms. The minimum absolute atomic E-state index is 0.296. The number of pyridine rings is 2. The standard InChI is InChI=1S/C20H20ClFN4/c21-13-10-16-19-17-2-1-7-25(17)8-6-18(19)26(20(16)24-11-13)9-5-15-4-3-14(22)12-23-15/h3-4,10-12,17H,1-2,5-9H2. The van der Waals surface area contributed by atoms with Gasteiger partial charge < -0.3 is 4.57 Å². The molecule has 0 bridgehead atoms. The molecule has 3 aromatic rings. The second-order valence-corrected chi connectivity index (χ2v) is 7.63. The lowest BCUT2D eigenvalue weighted by Crippen LogP contribution is -2.31. The fourth-order valence-electron chi connectivity index (χ4n) is 4.61. The van der Waals surface area contributed by atoms with Crippen LogP contribution in [0.2, 0.25) is 5.02 Å². The Morgan fingerprint density at radius 2 is 2.12 bits per heavy atom. The largest absolute Gasteiger partial charge is 0.329 e. The van der Waals surface area contributed by atoms with Crippen LogP contribution in [0.25, 0.3) is 11.0 Å². The zero-order valence-corrected chi connectivity index (χ0v) is 15.2. The van der Waals surface area contributed by atoms with E-state index in [0.29, 0.717) is 11.1 Å². The number of hydrogen-bond acceptors (Lipinski definition) is 3. The second-order valence-electron chi connectivity index (χ2n) is 7.20. The lowest BCUT2D eigenvalue weighted by atomic mass is 9.96. The third-order valence-corrected chi connectivity index (χ3v) is 5.94. The monoisotopic (exact) mass is 370 g/mol. The van der Waals surface area contributed by atoms with Gasteiger partial charge in [0.1, 0.15) is 11.5 Å². The molecular weight excluding hydrogens is 351 g/mol. The Morgan fingerprint density at radius 3 is 2.96 bits per heavy atom. The SMILES string of the molecule is Fc1ccc(CCn2c3c(c4cc(Cl)cnc42)C2CCCN2CC3)nc1. The van der Waals surface area contributed by atoms with Crippen LogP contribution in [0, 0.1) is 5.82 Å².